The van der Waals surface area contributed by atoms with Gasteiger partial charge in [-0.1, -0.05) is 36.8 Å². The lowest BCUT2D eigenvalue weighted by atomic mass is 9.76. The van der Waals surface area contributed by atoms with Crippen molar-refractivity contribution in [1.82, 2.24) is 15.5 Å². The predicted octanol–water partition coefficient (Wildman–Crippen LogP) is 2.42. The summed E-state index contributed by atoms with van der Waals surface area (Å²) in [6, 6.07) is 9.32. The van der Waals surface area contributed by atoms with Crippen LogP contribution in [0.1, 0.15) is 50.5 Å². The topological polar surface area (TPSA) is 105 Å². The Kier molecular flexibility index (Phi) is 8.64. The molecule has 32 heavy (non-hydrogen) atoms. The highest BCUT2D eigenvalue weighted by atomic mass is 16.5. The van der Waals surface area contributed by atoms with Crippen LogP contribution in [0.2, 0.25) is 0 Å². The number of urea groups is 1. The van der Waals surface area contributed by atoms with E-state index < -0.39 is 0 Å². The van der Waals surface area contributed by atoms with Gasteiger partial charge in [-0.15, -0.1) is 0 Å². The summed E-state index contributed by atoms with van der Waals surface area (Å²) in [7, 11) is 1.36. The Morgan fingerprint density at radius 2 is 1.91 bits per heavy atom. The lowest BCUT2D eigenvalue weighted by Crippen LogP contribution is -2.61. The van der Waals surface area contributed by atoms with Crippen molar-refractivity contribution in [2.75, 3.05) is 20.2 Å². The molecule has 0 bridgehead atoms. The molecule has 0 spiro atoms. The van der Waals surface area contributed by atoms with E-state index in [4.69, 9.17) is 4.74 Å². The zero-order valence-corrected chi connectivity index (χ0v) is 18.7. The molecule has 2 N–H and O–H groups in total. The van der Waals surface area contributed by atoms with Crippen molar-refractivity contribution in [1.29, 1.82) is 0 Å². The van der Waals surface area contributed by atoms with Gasteiger partial charge in [0.15, 0.2) is 0 Å². The molecule has 3 atom stereocenters. The minimum Gasteiger partial charge on any atom is -0.469 e. The van der Waals surface area contributed by atoms with Crippen LogP contribution in [0.5, 0.6) is 0 Å². The summed E-state index contributed by atoms with van der Waals surface area (Å²) >= 11 is 0. The van der Waals surface area contributed by atoms with E-state index in [1.54, 1.807) is 0 Å². The third-order valence-electron chi connectivity index (χ3n) is 6.39. The van der Waals surface area contributed by atoms with Crippen molar-refractivity contribution in [3.63, 3.8) is 0 Å². The molecule has 3 unspecified atom stereocenters. The van der Waals surface area contributed by atoms with Crippen LogP contribution in [-0.2, 0) is 25.5 Å². The summed E-state index contributed by atoms with van der Waals surface area (Å²) < 4.78 is 4.80. The fraction of sp³-hybridized carbons (Fsp3) is 0.583. The Hall–Kier alpha value is -2.90. The molecule has 0 aromatic heterocycles. The fourth-order valence-corrected chi connectivity index (χ4v) is 4.57. The molecular formula is C24H33N3O5. The number of carbonyl (C=O) groups is 4. The third-order valence-corrected chi connectivity index (χ3v) is 6.39. The number of unbranched alkanes of at least 4 members (excludes halogenated alkanes) is 2. The van der Waals surface area contributed by atoms with E-state index in [9.17, 15) is 19.2 Å². The number of hydrogen-bond donors (Lipinski definition) is 2. The SMILES string of the molecule is COC(=O)C1CCC2C(=O)N(CCCCCC(=O)NCCc3ccccc3)C(=O)NC2C1. The maximum Gasteiger partial charge on any atom is 0.324 e. The van der Waals surface area contributed by atoms with Gasteiger partial charge in [0.25, 0.3) is 0 Å². The number of benzene rings is 1. The van der Waals surface area contributed by atoms with Gasteiger partial charge in [-0.25, -0.2) is 4.79 Å². The van der Waals surface area contributed by atoms with E-state index >= 15 is 0 Å². The van der Waals surface area contributed by atoms with E-state index in [0.29, 0.717) is 51.6 Å². The number of imide groups is 1. The normalized spacial score (nSPS) is 22.7. The highest BCUT2D eigenvalue weighted by Crippen LogP contribution is 2.33. The van der Waals surface area contributed by atoms with Crippen LogP contribution in [0.15, 0.2) is 30.3 Å². The minimum atomic E-state index is -0.388. The summed E-state index contributed by atoms with van der Waals surface area (Å²) in [5, 5.41) is 5.83. The quantitative estimate of drug-likeness (QED) is 0.427. The van der Waals surface area contributed by atoms with Gasteiger partial charge >= 0.3 is 12.0 Å². The Bertz CT molecular complexity index is 813. The molecule has 1 saturated heterocycles. The van der Waals surface area contributed by atoms with Crippen molar-refractivity contribution in [2.45, 2.75) is 57.4 Å². The second kappa shape index (κ2) is 11.6. The molecule has 1 aliphatic carbocycles. The highest BCUT2D eigenvalue weighted by Gasteiger charge is 2.45. The van der Waals surface area contributed by atoms with Crippen LogP contribution in [0.4, 0.5) is 4.79 Å². The predicted molar refractivity (Wildman–Crippen MR) is 119 cm³/mol. The van der Waals surface area contributed by atoms with Crippen LogP contribution in [0.25, 0.3) is 0 Å². The lowest BCUT2D eigenvalue weighted by Gasteiger charge is -2.41. The number of nitrogens with zero attached hydrogens (tertiary/aromatic N) is 1. The van der Waals surface area contributed by atoms with Crippen molar-refractivity contribution in [2.24, 2.45) is 11.8 Å². The molecule has 8 heteroatoms. The molecule has 1 saturated carbocycles. The summed E-state index contributed by atoms with van der Waals surface area (Å²) in [5.74, 6) is -0.945. The average Bonchev–Trinajstić information content (AvgIpc) is 2.80. The van der Waals surface area contributed by atoms with Gasteiger partial charge in [0.1, 0.15) is 0 Å². The van der Waals surface area contributed by atoms with Crippen LogP contribution in [-0.4, -0.2) is 55.0 Å². The summed E-state index contributed by atoms with van der Waals surface area (Å²) in [6.45, 7) is 0.967. The number of ether oxygens (including phenoxy) is 1. The number of methoxy groups -OCH3 is 1. The molecule has 0 radical (unpaired) electrons. The molecule has 2 aliphatic rings. The van der Waals surface area contributed by atoms with Gasteiger partial charge in [-0.2, -0.15) is 0 Å². The van der Waals surface area contributed by atoms with Gasteiger partial charge < -0.3 is 15.4 Å². The molecule has 1 aliphatic heterocycles. The Morgan fingerprint density at radius 1 is 1.12 bits per heavy atom. The van der Waals surface area contributed by atoms with Crippen LogP contribution < -0.4 is 10.6 Å². The van der Waals surface area contributed by atoms with E-state index in [0.717, 1.165) is 12.8 Å². The first kappa shape index (κ1) is 23.8. The first-order chi connectivity index (χ1) is 15.5. The summed E-state index contributed by atoms with van der Waals surface area (Å²) in [6.07, 6.45) is 5.01. The van der Waals surface area contributed by atoms with E-state index in [-0.39, 0.29) is 41.7 Å². The monoisotopic (exact) mass is 443 g/mol. The average molecular weight is 444 g/mol. The van der Waals surface area contributed by atoms with Crippen molar-refractivity contribution in [3.8, 4) is 0 Å². The van der Waals surface area contributed by atoms with Crippen LogP contribution >= 0.6 is 0 Å². The number of hydrogen-bond acceptors (Lipinski definition) is 5. The molecule has 3 rings (SSSR count). The zero-order valence-electron chi connectivity index (χ0n) is 18.7. The number of carbonyl (C=O) groups excluding carboxylic acids is 4. The van der Waals surface area contributed by atoms with Crippen LogP contribution in [0.3, 0.4) is 0 Å². The summed E-state index contributed by atoms with van der Waals surface area (Å²) in [5.41, 5.74) is 1.19. The first-order valence-corrected chi connectivity index (χ1v) is 11.5. The maximum absolute atomic E-state index is 12.8. The Labute approximate surface area is 189 Å². The van der Waals surface area contributed by atoms with Crippen molar-refractivity contribution in [3.05, 3.63) is 35.9 Å². The van der Waals surface area contributed by atoms with Gasteiger partial charge in [0, 0.05) is 25.6 Å². The lowest BCUT2D eigenvalue weighted by molar-refractivity contribution is -0.149. The number of nitrogens with one attached hydrogen (secondary N) is 2. The van der Waals surface area contributed by atoms with Crippen molar-refractivity contribution < 1.29 is 23.9 Å². The standard InChI is InChI=1S/C24H33N3O5/c1-32-23(30)18-11-12-19-20(16-18)26-24(31)27(22(19)29)15-7-3-6-10-21(28)25-14-13-17-8-4-2-5-9-17/h2,4-5,8-9,18-20H,3,6-7,10-16H2,1H3,(H,25,28)(H,26,31). The van der Waals surface area contributed by atoms with E-state index in [1.807, 2.05) is 30.3 Å². The molecule has 1 aromatic carbocycles. The van der Waals surface area contributed by atoms with Gasteiger partial charge in [-0.05, 0) is 44.1 Å². The molecule has 8 nitrogen and oxygen atoms in total. The molecule has 174 valence electrons. The maximum atomic E-state index is 12.8. The molecule has 2 fully saturated rings. The molecule has 4 amide bonds. The molecule has 1 heterocycles. The van der Waals surface area contributed by atoms with Gasteiger partial charge in [-0.3, -0.25) is 19.3 Å². The number of amides is 4. The number of rotatable bonds is 10. The second-order valence-corrected chi connectivity index (χ2v) is 8.58. The largest absolute Gasteiger partial charge is 0.469 e. The third kappa shape index (κ3) is 6.31. The summed E-state index contributed by atoms with van der Waals surface area (Å²) in [4.78, 5) is 50.3. The zero-order chi connectivity index (χ0) is 22.9. The van der Waals surface area contributed by atoms with E-state index in [1.165, 1.54) is 17.6 Å². The molecular weight excluding hydrogens is 410 g/mol. The van der Waals surface area contributed by atoms with E-state index in [2.05, 4.69) is 10.6 Å². The smallest absolute Gasteiger partial charge is 0.324 e. The van der Waals surface area contributed by atoms with Crippen LogP contribution in [0, 0.1) is 11.8 Å². The Balaban J connectivity index is 1.32. The second-order valence-electron chi connectivity index (χ2n) is 8.58. The highest BCUT2D eigenvalue weighted by molar-refractivity contribution is 5.98. The minimum absolute atomic E-state index is 0.0259. The fourth-order valence-electron chi connectivity index (χ4n) is 4.57. The van der Waals surface area contributed by atoms with Gasteiger partial charge in [0.05, 0.1) is 18.9 Å². The van der Waals surface area contributed by atoms with Crippen molar-refractivity contribution >= 4 is 23.8 Å². The number of esters is 1. The Morgan fingerprint density at radius 3 is 2.66 bits per heavy atom. The van der Waals surface area contributed by atoms with Gasteiger partial charge in [0.2, 0.25) is 11.8 Å². The molecule has 1 aromatic rings. The first-order valence-electron chi connectivity index (χ1n) is 11.5. The number of fused-ring (bicyclic) bond motifs is 1.